The quantitative estimate of drug-likeness (QED) is 0.820. The molecule has 108 valence electrons. The van der Waals surface area contributed by atoms with Crippen molar-refractivity contribution in [2.45, 2.75) is 12.8 Å². The average molecular weight is 273 g/mol. The fourth-order valence-electron chi connectivity index (χ4n) is 2.37. The Morgan fingerprint density at radius 1 is 1.25 bits per heavy atom. The minimum absolute atomic E-state index is 0.0200. The van der Waals surface area contributed by atoms with Crippen LogP contribution in [0.3, 0.4) is 0 Å². The van der Waals surface area contributed by atoms with Crippen molar-refractivity contribution in [1.82, 2.24) is 14.8 Å². The van der Waals surface area contributed by atoms with Gasteiger partial charge in [0.25, 0.3) is 5.91 Å². The molecule has 0 atom stereocenters. The van der Waals surface area contributed by atoms with Crippen molar-refractivity contribution < 1.29 is 4.79 Å². The number of aryl methyl sites for hydroxylation is 1. The largest absolute Gasteiger partial charge is 0.352 e. The Labute approximate surface area is 120 Å². The molecule has 0 spiro atoms. The third-order valence-corrected chi connectivity index (χ3v) is 3.46. The van der Waals surface area contributed by atoms with E-state index in [-0.39, 0.29) is 5.91 Å². The van der Waals surface area contributed by atoms with E-state index in [9.17, 15) is 4.79 Å². The third-order valence-electron chi connectivity index (χ3n) is 3.46. The predicted octanol–water partition coefficient (Wildman–Crippen LogP) is 2.25. The van der Waals surface area contributed by atoms with E-state index in [1.165, 1.54) is 0 Å². The number of rotatable bonds is 6. The first-order valence-electron chi connectivity index (χ1n) is 7.06. The van der Waals surface area contributed by atoms with Gasteiger partial charge in [-0.3, -0.25) is 4.79 Å². The second-order valence-electron chi connectivity index (χ2n) is 5.44. The summed E-state index contributed by atoms with van der Waals surface area (Å²) in [5.41, 5.74) is 1.85. The molecule has 0 radical (unpaired) electrons. The zero-order valence-electron chi connectivity index (χ0n) is 12.5. The number of aromatic nitrogens is 1. The normalized spacial score (nSPS) is 11.2. The van der Waals surface area contributed by atoms with Crippen LogP contribution in [0.4, 0.5) is 0 Å². The number of benzene rings is 1. The van der Waals surface area contributed by atoms with Crippen molar-refractivity contribution in [3.8, 4) is 0 Å². The van der Waals surface area contributed by atoms with Crippen molar-refractivity contribution >= 4 is 16.8 Å². The number of unbranched alkanes of at least 4 members (excludes halogenated alkanes) is 1. The van der Waals surface area contributed by atoms with Gasteiger partial charge in [0.1, 0.15) is 0 Å². The van der Waals surface area contributed by atoms with E-state index in [4.69, 9.17) is 0 Å². The standard InChI is InChI=1S/C16H23N3O/c1-18(2)11-7-6-10-17-16(20)14-12-19(3)15-9-5-4-8-13(14)15/h4-5,8-9,12H,6-7,10-11H2,1-3H3,(H,17,20). The van der Waals surface area contributed by atoms with Crippen LogP contribution in [0.2, 0.25) is 0 Å². The SMILES string of the molecule is CN(C)CCCCNC(=O)c1cn(C)c2ccccc12. The van der Waals surface area contributed by atoms with E-state index in [0.717, 1.165) is 42.4 Å². The van der Waals surface area contributed by atoms with E-state index >= 15 is 0 Å². The van der Waals surface area contributed by atoms with E-state index in [0.29, 0.717) is 0 Å². The first kappa shape index (κ1) is 14.6. The lowest BCUT2D eigenvalue weighted by Crippen LogP contribution is -2.25. The van der Waals surface area contributed by atoms with Crippen LogP contribution >= 0.6 is 0 Å². The number of nitrogens with one attached hydrogen (secondary N) is 1. The highest BCUT2D eigenvalue weighted by Crippen LogP contribution is 2.19. The van der Waals surface area contributed by atoms with Gasteiger partial charge in [-0.05, 0) is 39.5 Å². The van der Waals surface area contributed by atoms with Crippen LogP contribution < -0.4 is 5.32 Å². The molecule has 0 bridgehead atoms. The minimum Gasteiger partial charge on any atom is -0.352 e. The highest BCUT2D eigenvalue weighted by Gasteiger charge is 2.12. The fraction of sp³-hybridized carbons (Fsp3) is 0.438. The van der Waals surface area contributed by atoms with Crippen molar-refractivity contribution in [2.75, 3.05) is 27.2 Å². The van der Waals surface area contributed by atoms with Crippen LogP contribution in [0.1, 0.15) is 23.2 Å². The Hall–Kier alpha value is -1.81. The van der Waals surface area contributed by atoms with Crippen LogP contribution in [0.5, 0.6) is 0 Å². The molecule has 0 aliphatic carbocycles. The molecule has 0 aliphatic rings. The maximum atomic E-state index is 12.2. The Kier molecular flexibility index (Phi) is 4.79. The highest BCUT2D eigenvalue weighted by atomic mass is 16.1. The zero-order chi connectivity index (χ0) is 14.5. The maximum absolute atomic E-state index is 12.2. The van der Waals surface area contributed by atoms with Crippen LogP contribution in [0.15, 0.2) is 30.5 Å². The topological polar surface area (TPSA) is 37.3 Å². The number of nitrogens with zero attached hydrogens (tertiary/aromatic N) is 2. The summed E-state index contributed by atoms with van der Waals surface area (Å²) in [6.45, 7) is 1.79. The number of carbonyl (C=O) groups excluding carboxylic acids is 1. The van der Waals surface area contributed by atoms with Crippen LogP contribution in [0.25, 0.3) is 10.9 Å². The van der Waals surface area contributed by atoms with Gasteiger partial charge in [-0.15, -0.1) is 0 Å². The van der Waals surface area contributed by atoms with Crippen molar-refractivity contribution in [2.24, 2.45) is 7.05 Å². The monoisotopic (exact) mass is 273 g/mol. The minimum atomic E-state index is 0.0200. The molecule has 1 N–H and O–H groups in total. The molecule has 1 aromatic carbocycles. The van der Waals surface area contributed by atoms with Gasteiger partial charge in [0, 0.05) is 30.7 Å². The first-order valence-corrected chi connectivity index (χ1v) is 7.06. The molecule has 0 aliphatic heterocycles. The summed E-state index contributed by atoms with van der Waals surface area (Å²) in [5.74, 6) is 0.0200. The lowest BCUT2D eigenvalue weighted by atomic mass is 10.1. The van der Waals surface area contributed by atoms with Gasteiger partial charge in [0.2, 0.25) is 0 Å². The summed E-state index contributed by atoms with van der Waals surface area (Å²) in [6, 6.07) is 7.99. The van der Waals surface area contributed by atoms with Gasteiger partial charge in [0.15, 0.2) is 0 Å². The van der Waals surface area contributed by atoms with Gasteiger partial charge >= 0.3 is 0 Å². The molecule has 0 unspecified atom stereocenters. The van der Waals surface area contributed by atoms with Crippen LogP contribution in [-0.4, -0.2) is 42.6 Å². The Bertz CT molecular complexity index is 586. The molecule has 1 amide bonds. The Balaban J connectivity index is 1.95. The van der Waals surface area contributed by atoms with E-state index in [2.05, 4.69) is 24.3 Å². The molecule has 1 heterocycles. The number of para-hydroxylation sites is 1. The lowest BCUT2D eigenvalue weighted by molar-refractivity contribution is 0.0954. The Morgan fingerprint density at radius 2 is 2.00 bits per heavy atom. The summed E-state index contributed by atoms with van der Waals surface area (Å²) < 4.78 is 2.00. The van der Waals surface area contributed by atoms with Crippen LogP contribution in [-0.2, 0) is 7.05 Å². The molecule has 4 nitrogen and oxygen atoms in total. The predicted molar refractivity (Wildman–Crippen MR) is 83.0 cm³/mol. The molecule has 0 fully saturated rings. The van der Waals surface area contributed by atoms with Gasteiger partial charge in [-0.1, -0.05) is 18.2 Å². The van der Waals surface area contributed by atoms with E-state index < -0.39 is 0 Å². The highest BCUT2D eigenvalue weighted by molar-refractivity contribution is 6.06. The second-order valence-corrected chi connectivity index (χ2v) is 5.44. The van der Waals surface area contributed by atoms with Crippen LogP contribution in [0, 0.1) is 0 Å². The fourth-order valence-corrected chi connectivity index (χ4v) is 2.37. The number of carbonyl (C=O) groups is 1. The number of amides is 1. The molecular weight excluding hydrogens is 250 g/mol. The number of hydrogen-bond donors (Lipinski definition) is 1. The smallest absolute Gasteiger partial charge is 0.253 e. The summed E-state index contributed by atoms with van der Waals surface area (Å²) in [4.78, 5) is 14.4. The summed E-state index contributed by atoms with van der Waals surface area (Å²) >= 11 is 0. The Morgan fingerprint density at radius 3 is 2.75 bits per heavy atom. The third kappa shape index (κ3) is 3.39. The molecule has 2 aromatic rings. The zero-order valence-corrected chi connectivity index (χ0v) is 12.5. The number of hydrogen-bond acceptors (Lipinski definition) is 2. The molecule has 4 heteroatoms. The van der Waals surface area contributed by atoms with Gasteiger partial charge < -0.3 is 14.8 Å². The van der Waals surface area contributed by atoms with Crippen molar-refractivity contribution in [3.05, 3.63) is 36.0 Å². The first-order chi connectivity index (χ1) is 9.59. The lowest BCUT2D eigenvalue weighted by Gasteiger charge is -2.09. The molecule has 20 heavy (non-hydrogen) atoms. The molecule has 2 rings (SSSR count). The van der Waals surface area contributed by atoms with Crippen molar-refractivity contribution in [3.63, 3.8) is 0 Å². The van der Waals surface area contributed by atoms with Gasteiger partial charge in [-0.25, -0.2) is 0 Å². The summed E-state index contributed by atoms with van der Waals surface area (Å²) in [6.07, 6.45) is 4.01. The summed E-state index contributed by atoms with van der Waals surface area (Å²) in [5, 5.41) is 4.02. The molecule has 1 aromatic heterocycles. The summed E-state index contributed by atoms with van der Waals surface area (Å²) in [7, 11) is 6.10. The second kappa shape index (κ2) is 6.57. The van der Waals surface area contributed by atoms with E-state index in [1.807, 2.05) is 42.1 Å². The van der Waals surface area contributed by atoms with Gasteiger partial charge in [0.05, 0.1) is 5.56 Å². The molecule has 0 saturated carbocycles. The number of fused-ring (bicyclic) bond motifs is 1. The molecular formula is C16H23N3O. The maximum Gasteiger partial charge on any atom is 0.253 e. The average Bonchev–Trinajstić information content (AvgIpc) is 2.76. The van der Waals surface area contributed by atoms with Gasteiger partial charge in [-0.2, -0.15) is 0 Å². The molecule has 0 saturated heterocycles. The van der Waals surface area contributed by atoms with E-state index in [1.54, 1.807) is 0 Å². The van der Waals surface area contributed by atoms with Crippen molar-refractivity contribution in [1.29, 1.82) is 0 Å².